The highest BCUT2D eigenvalue weighted by atomic mass is 32.2. The van der Waals surface area contributed by atoms with Gasteiger partial charge in [0, 0.05) is 6.07 Å². The molecule has 0 radical (unpaired) electrons. The summed E-state index contributed by atoms with van der Waals surface area (Å²) in [7, 11) is 0.171. The summed E-state index contributed by atoms with van der Waals surface area (Å²) >= 11 is 0. The minimum atomic E-state index is -1.39. The lowest BCUT2D eigenvalue weighted by Gasteiger charge is -2.25. The number of rotatable bonds is 4. The molecule has 106 valence electrons. The molecule has 2 atom stereocenters. The van der Waals surface area contributed by atoms with Crippen molar-refractivity contribution in [3.05, 3.63) is 29.1 Å². The number of fused-ring (bicyclic) bond motifs is 1. The summed E-state index contributed by atoms with van der Waals surface area (Å²) in [5.41, 5.74) is 2.06. The average Bonchev–Trinajstić information content (AvgIpc) is 2.70. The summed E-state index contributed by atoms with van der Waals surface area (Å²) in [6.07, 6.45) is 2.49. The van der Waals surface area contributed by atoms with Crippen molar-refractivity contribution < 1.29 is 13.3 Å². The quantitative estimate of drug-likeness (QED) is 0.924. The van der Waals surface area contributed by atoms with Crippen molar-refractivity contribution in [2.75, 3.05) is 7.11 Å². The molecule has 2 N–H and O–H groups in total. The van der Waals surface area contributed by atoms with E-state index < -0.39 is 15.7 Å². The highest BCUT2D eigenvalue weighted by Gasteiger charge is 2.33. The number of ether oxygens (including phenoxy) is 1. The molecule has 0 aromatic heterocycles. The summed E-state index contributed by atoms with van der Waals surface area (Å²) in [6, 6.07) is 3.00. The third-order valence-electron chi connectivity index (χ3n) is 3.89. The van der Waals surface area contributed by atoms with Crippen molar-refractivity contribution in [2.24, 2.45) is 5.14 Å². The summed E-state index contributed by atoms with van der Waals surface area (Å²) in [4.78, 5) is 0. The van der Waals surface area contributed by atoms with Crippen molar-refractivity contribution in [3.8, 4) is 5.75 Å². The first-order valence-corrected chi connectivity index (χ1v) is 7.59. The SMILES string of the molecule is COc1cc(F)cc2c1CC[C@@H]2CC(C)(C)S(N)=O. The van der Waals surface area contributed by atoms with Gasteiger partial charge in [0.05, 0.1) is 22.8 Å². The van der Waals surface area contributed by atoms with Gasteiger partial charge in [-0.05, 0) is 56.2 Å². The molecule has 5 heteroatoms. The van der Waals surface area contributed by atoms with Crippen LogP contribution < -0.4 is 9.88 Å². The molecular weight excluding hydrogens is 265 g/mol. The Kier molecular flexibility index (Phi) is 3.97. The van der Waals surface area contributed by atoms with Crippen molar-refractivity contribution in [3.63, 3.8) is 0 Å². The number of hydrogen-bond acceptors (Lipinski definition) is 2. The molecule has 0 saturated heterocycles. The first-order chi connectivity index (χ1) is 8.85. The molecule has 19 heavy (non-hydrogen) atoms. The second kappa shape index (κ2) is 5.21. The Hall–Kier alpha value is -0.940. The van der Waals surface area contributed by atoms with Crippen LogP contribution >= 0.6 is 0 Å². The minimum absolute atomic E-state index is 0.196. The molecule has 3 nitrogen and oxygen atoms in total. The molecule has 0 heterocycles. The molecule has 1 aromatic rings. The van der Waals surface area contributed by atoms with E-state index in [0.29, 0.717) is 12.2 Å². The normalized spacial score (nSPS) is 20.2. The van der Waals surface area contributed by atoms with Crippen LogP contribution in [-0.4, -0.2) is 16.1 Å². The fourth-order valence-corrected chi connectivity index (χ4v) is 3.17. The Morgan fingerprint density at radius 3 is 2.79 bits per heavy atom. The topological polar surface area (TPSA) is 52.3 Å². The second-order valence-electron chi connectivity index (χ2n) is 5.67. The molecule has 0 bridgehead atoms. The van der Waals surface area contributed by atoms with Gasteiger partial charge < -0.3 is 4.74 Å². The third-order valence-corrected chi connectivity index (χ3v) is 5.15. The maximum atomic E-state index is 13.6. The van der Waals surface area contributed by atoms with Crippen molar-refractivity contribution in [2.45, 2.75) is 43.8 Å². The maximum absolute atomic E-state index is 13.6. The molecule has 0 aliphatic heterocycles. The predicted molar refractivity (Wildman–Crippen MR) is 75.0 cm³/mol. The second-order valence-corrected chi connectivity index (χ2v) is 7.37. The van der Waals surface area contributed by atoms with Gasteiger partial charge in [0.2, 0.25) is 0 Å². The van der Waals surface area contributed by atoms with Crippen LogP contribution in [-0.2, 0) is 17.4 Å². The van der Waals surface area contributed by atoms with Crippen LogP contribution in [0.2, 0.25) is 0 Å². The molecule has 2 rings (SSSR count). The zero-order chi connectivity index (χ0) is 14.2. The van der Waals surface area contributed by atoms with Crippen LogP contribution in [0.4, 0.5) is 4.39 Å². The van der Waals surface area contributed by atoms with E-state index >= 15 is 0 Å². The number of nitrogens with two attached hydrogens (primary N) is 1. The summed E-state index contributed by atoms with van der Waals surface area (Å²) in [6.45, 7) is 3.77. The Morgan fingerprint density at radius 2 is 2.21 bits per heavy atom. The standard InChI is InChI=1S/C14H20FNO2S/c1-14(2,19(16)17)8-9-4-5-11-12(9)6-10(15)7-13(11)18-3/h6-7,9H,4-5,8,16H2,1-3H3/t9-,19?/m1/s1. The monoisotopic (exact) mass is 285 g/mol. The average molecular weight is 285 g/mol. The van der Waals surface area contributed by atoms with E-state index in [9.17, 15) is 8.60 Å². The van der Waals surface area contributed by atoms with Crippen LogP contribution in [0.25, 0.3) is 0 Å². The van der Waals surface area contributed by atoms with Gasteiger partial charge in [-0.25, -0.2) is 8.60 Å². The van der Waals surface area contributed by atoms with Gasteiger partial charge in [-0.2, -0.15) is 0 Å². The van der Waals surface area contributed by atoms with Crippen molar-refractivity contribution in [1.82, 2.24) is 0 Å². The van der Waals surface area contributed by atoms with E-state index in [0.717, 1.165) is 24.0 Å². The molecule has 0 fully saturated rings. The zero-order valence-electron chi connectivity index (χ0n) is 11.5. The summed E-state index contributed by atoms with van der Waals surface area (Å²) in [5.74, 6) is 0.528. The summed E-state index contributed by atoms with van der Waals surface area (Å²) < 4.78 is 29.9. The fourth-order valence-electron chi connectivity index (χ4n) is 2.81. The van der Waals surface area contributed by atoms with Gasteiger partial charge in [0.1, 0.15) is 11.6 Å². The van der Waals surface area contributed by atoms with Crippen molar-refractivity contribution in [1.29, 1.82) is 0 Å². The third kappa shape index (κ3) is 2.82. The molecular formula is C14H20FNO2S. The molecule has 1 aliphatic rings. The minimum Gasteiger partial charge on any atom is -0.496 e. The maximum Gasteiger partial charge on any atom is 0.127 e. The van der Waals surface area contributed by atoms with Gasteiger partial charge in [0.15, 0.2) is 0 Å². The fraction of sp³-hybridized carbons (Fsp3) is 0.571. The lowest BCUT2D eigenvalue weighted by atomic mass is 9.91. The van der Waals surface area contributed by atoms with Crippen LogP contribution in [0.15, 0.2) is 12.1 Å². The number of halogens is 1. The van der Waals surface area contributed by atoms with E-state index in [1.165, 1.54) is 6.07 Å². The molecule has 0 saturated carbocycles. The van der Waals surface area contributed by atoms with E-state index in [1.807, 2.05) is 13.8 Å². The Morgan fingerprint density at radius 1 is 1.53 bits per heavy atom. The zero-order valence-corrected chi connectivity index (χ0v) is 12.3. The van der Waals surface area contributed by atoms with Crippen molar-refractivity contribution >= 4 is 11.0 Å². The number of hydrogen-bond donors (Lipinski definition) is 1. The van der Waals surface area contributed by atoms with E-state index in [1.54, 1.807) is 13.2 Å². The molecule has 1 unspecified atom stereocenters. The van der Waals surface area contributed by atoms with Gasteiger partial charge >= 0.3 is 0 Å². The molecule has 0 amide bonds. The lowest BCUT2D eigenvalue weighted by molar-refractivity contribution is 0.407. The number of methoxy groups -OCH3 is 1. The summed E-state index contributed by atoms with van der Waals surface area (Å²) in [5, 5.41) is 5.53. The molecule has 1 aliphatic carbocycles. The van der Waals surface area contributed by atoms with Crippen LogP contribution in [0.5, 0.6) is 5.75 Å². The highest BCUT2D eigenvalue weighted by molar-refractivity contribution is 7.84. The first-order valence-electron chi connectivity index (χ1n) is 6.37. The van der Waals surface area contributed by atoms with E-state index in [4.69, 9.17) is 9.88 Å². The van der Waals surface area contributed by atoms with E-state index in [2.05, 4.69) is 0 Å². The Labute approximate surface area is 115 Å². The molecule has 1 aromatic carbocycles. The smallest absolute Gasteiger partial charge is 0.127 e. The lowest BCUT2D eigenvalue weighted by Crippen LogP contribution is -2.33. The van der Waals surface area contributed by atoms with Crippen LogP contribution in [0, 0.1) is 5.82 Å². The Bertz CT molecular complexity index is 516. The van der Waals surface area contributed by atoms with Gasteiger partial charge in [0.25, 0.3) is 0 Å². The van der Waals surface area contributed by atoms with Gasteiger partial charge in [-0.3, -0.25) is 5.14 Å². The van der Waals surface area contributed by atoms with Crippen LogP contribution in [0.3, 0.4) is 0 Å². The predicted octanol–water partition coefficient (Wildman–Crippen LogP) is 2.66. The highest BCUT2D eigenvalue weighted by Crippen LogP contribution is 2.43. The molecule has 0 spiro atoms. The van der Waals surface area contributed by atoms with Gasteiger partial charge in [-0.1, -0.05) is 0 Å². The number of benzene rings is 1. The van der Waals surface area contributed by atoms with E-state index in [-0.39, 0.29) is 11.7 Å². The van der Waals surface area contributed by atoms with Gasteiger partial charge in [-0.15, -0.1) is 0 Å². The largest absolute Gasteiger partial charge is 0.496 e. The Balaban J connectivity index is 2.32. The first kappa shape index (κ1) is 14.5. The van der Waals surface area contributed by atoms with Crippen LogP contribution in [0.1, 0.15) is 43.7 Å².